The van der Waals surface area contributed by atoms with Crippen LogP contribution in [-0.2, 0) is 6.54 Å². The van der Waals surface area contributed by atoms with Crippen LogP contribution >= 0.6 is 11.6 Å². The van der Waals surface area contributed by atoms with Crippen molar-refractivity contribution in [2.24, 2.45) is 0 Å². The van der Waals surface area contributed by atoms with Crippen molar-refractivity contribution < 1.29 is 19.1 Å². The van der Waals surface area contributed by atoms with Crippen LogP contribution in [0.4, 0.5) is 10.2 Å². The summed E-state index contributed by atoms with van der Waals surface area (Å²) in [4.78, 5) is 27.8. The summed E-state index contributed by atoms with van der Waals surface area (Å²) in [5.74, 6) is -1.29. The number of nitrogens with zero attached hydrogens (tertiary/aromatic N) is 1. The summed E-state index contributed by atoms with van der Waals surface area (Å²) in [7, 11) is 0. The lowest BCUT2D eigenvalue weighted by atomic mass is 10.0. The van der Waals surface area contributed by atoms with Gasteiger partial charge in [-0.1, -0.05) is 29.8 Å². The number of carboxylic acid groups (broad SMARTS) is 1. The van der Waals surface area contributed by atoms with Crippen LogP contribution in [-0.4, -0.2) is 22.0 Å². The molecule has 154 valence electrons. The summed E-state index contributed by atoms with van der Waals surface area (Å²) in [5, 5.41) is 15.4. The van der Waals surface area contributed by atoms with Gasteiger partial charge in [0.1, 0.15) is 11.6 Å². The van der Waals surface area contributed by atoms with Gasteiger partial charge in [-0.2, -0.15) is 0 Å². The second kappa shape index (κ2) is 9.37. The first-order valence-electron chi connectivity index (χ1n) is 9.11. The molecule has 0 saturated heterocycles. The van der Waals surface area contributed by atoms with Gasteiger partial charge in [0.15, 0.2) is 0 Å². The Morgan fingerprint density at radius 2 is 1.87 bits per heavy atom. The number of anilines is 1. The molecule has 3 rings (SSSR count). The number of carboxylic acids is 1. The van der Waals surface area contributed by atoms with Crippen molar-refractivity contribution >= 4 is 29.3 Å². The minimum atomic E-state index is -1.01. The van der Waals surface area contributed by atoms with E-state index in [9.17, 15) is 14.0 Å². The summed E-state index contributed by atoms with van der Waals surface area (Å²) in [6, 6.07) is 13.8. The Kier molecular flexibility index (Phi) is 6.64. The zero-order valence-electron chi connectivity index (χ0n) is 16.0. The molecule has 6 nitrogen and oxygen atoms in total. The molecule has 2 aromatic carbocycles. The standard InChI is InChI=1S/C22H19ClFN3O3/c1-13(14-2-4-15(5-3-14)22(29)30)27-21(28)19-10-17(23)7-6-16(19)11-25-20-9-8-18(24)12-26-20/h2-10,12-13H,11H2,1H3,(H,25,26)(H,27,28)(H,29,30)/t13-/m0/s1. The minimum absolute atomic E-state index is 0.176. The van der Waals surface area contributed by atoms with Crippen molar-refractivity contribution in [1.29, 1.82) is 0 Å². The second-order valence-corrected chi connectivity index (χ2v) is 7.08. The van der Waals surface area contributed by atoms with Crippen LogP contribution in [0.15, 0.2) is 60.8 Å². The van der Waals surface area contributed by atoms with E-state index in [2.05, 4.69) is 15.6 Å². The Labute approximate surface area is 177 Å². The molecular formula is C22H19ClFN3O3. The molecule has 0 bridgehead atoms. The quantitative estimate of drug-likeness (QED) is 0.509. The van der Waals surface area contributed by atoms with Crippen molar-refractivity contribution in [3.8, 4) is 0 Å². The van der Waals surface area contributed by atoms with Gasteiger partial charge in [-0.15, -0.1) is 0 Å². The van der Waals surface area contributed by atoms with Crippen LogP contribution in [0.25, 0.3) is 0 Å². The number of aromatic nitrogens is 1. The fourth-order valence-corrected chi connectivity index (χ4v) is 3.02. The SMILES string of the molecule is C[C@H](NC(=O)c1cc(Cl)ccc1CNc1ccc(F)cn1)c1ccc(C(=O)O)cc1. The molecule has 3 aromatic rings. The average Bonchev–Trinajstić information content (AvgIpc) is 2.74. The van der Waals surface area contributed by atoms with Gasteiger partial charge in [-0.25, -0.2) is 14.2 Å². The Balaban J connectivity index is 1.73. The normalized spacial score (nSPS) is 11.6. The molecule has 0 radical (unpaired) electrons. The van der Waals surface area contributed by atoms with Gasteiger partial charge in [-0.3, -0.25) is 4.79 Å². The molecule has 8 heteroatoms. The Bertz CT molecular complexity index is 1060. The van der Waals surface area contributed by atoms with Gasteiger partial charge in [0.25, 0.3) is 5.91 Å². The maximum Gasteiger partial charge on any atom is 0.335 e. The summed E-state index contributed by atoms with van der Waals surface area (Å²) in [5.41, 5.74) is 2.03. The van der Waals surface area contributed by atoms with E-state index in [-0.39, 0.29) is 17.5 Å². The van der Waals surface area contributed by atoms with E-state index in [1.807, 2.05) is 0 Å². The van der Waals surface area contributed by atoms with Crippen molar-refractivity contribution in [2.75, 3.05) is 5.32 Å². The molecule has 0 aliphatic carbocycles. The highest BCUT2D eigenvalue weighted by Gasteiger charge is 2.16. The molecular weight excluding hydrogens is 409 g/mol. The molecule has 30 heavy (non-hydrogen) atoms. The molecule has 1 amide bonds. The lowest BCUT2D eigenvalue weighted by molar-refractivity contribution is 0.0696. The van der Waals surface area contributed by atoms with Gasteiger partial charge in [0, 0.05) is 17.1 Å². The van der Waals surface area contributed by atoms with Crippen LogP contribution in [0.5, 0.6) is 0 Å². The number of halogens is 2. The zero-order valence-corrected chi connectivity index (χ0v) is 16.8. The Morgan fingerprint density at radius 3 is 2.50 bits per heavy atom. The first-order valence-corrected chi connectivity index (χ1v) is 9.49. The van der Waals surface area contributed by atoms with Gasteiger partial charge in [-0.05, 0) is 54.4 Å². The highest BCUT2D eigenvalue weighted by Crippen LogP contribution is 2.20. The third-order valence-corrected chi connectivity index (χ3v) is 4.74. The van der Waals surface area contributed by atoms with E-state index in [1.165, 1.54) is 24.3 Å². The molecule has 0 fully saturated rings. The Morgan fingerprint density at radius 1 is 1.13 bits per heavy atom. The van der Waals surface area contributed by atoms with Crippen molar-refractivity contribution in [2.45, 2.75) is 19.5 Å². The topological polar surface area (TPSA) is 91.3 Å². The van der Waals surface area contributed by atoms with Crippen LogP contribution in [0.1, 0.15) is 44.8 Å². The third-order valence-electron chi connectivity index (χ3n) is 4.51. The molecule has 1 heterocycles. The minimum Gasteiger partial charge on any atom is -0.478 e. The number of carbonyl (C=O) groups excluding carboxylic acids is 1. The number of hydrogen-bond acceptors (Lipinski definition) is 4. The van der Waals surface area contributed by atoms with Crippen LogP contribution in [0, 0.1) is 5.82 Å². The van der Waals surface area contributed by atoms with E-state index in [1.54, 1.807) is 37.3 Å². The summed E-state index contributed by atoms with van der Waals surface area (Å²) in [6.45, 7) is 2.10. The lowest BCUT2D eigenvalue weighted by Gasteiger charge is -2.17. The van der Waals surface area contributed by atoms with E-state index >= 15 is 0 Å². The number of amides is 1. The van der Waals surface area contributed by atoms with E-state index in [0.29, 0.717) is 28.5 Å². The Hall–Kier alpha value is -3.45. The number of rotatable bonds is 7. The number of pyridine rings is 1. The molecule has 1 atom stereocenters. The maximum atomic E-state index is 13.0. The summed E-state index contributed by atoms with van der Waals surface area (Å²) in [6.07, 6.45) is 1.11. The van der Waals surface area contributed by atoms with Gasteiger partial charge >= 0.3 is 5.97 Å². The fourth-order valence-electron chi connectivity index (χ4n) is 2.85. The fraction of sp³-hybridized carbons (Fsp3) is 0.136. The molecule has 0 aliphatic rings. The van der Waals surface area contributed by atoms with Gasteiger partial charge < -0.3 is 15.7 Å². The largest absolute Gasteiger partial charge is 0.478 e. The highest BCUT2D eigenvalue weighted by atomic mass is 35.5. The van der Waals surface area contributed by atoms with Crippen LogP contribution in [0.2, 0.25) is 5.02 Å². The lowest BCUT2D eigenvalue weighted by Crippen LogP contribution is -2.28. The number of hydrogen-bond donors (Lipinski definition) is 3. The molecule has 1 aromatic heterocycles. The number of aromatic carboxylic acids is 1. The molecule has 0 saturated carbocycles. The third kappa shape index (κ3) is 5.33. The van der Waals surface area contributed by atoms with Gasteiger partial charge in [0.05, 0.1) is 17.8 Å². The number of nitrogens with one attached hydrogen (secondary N) is 2. The van der Waals surface area contributed by atoms with E-state index < -0.39 is 11.8 Å². The van der Waals surface area contributed by atoms with Crippen molar-refractivity contribution in [1.82, 2.24) is 10.3 Å². The molecule has 3 N–H and O–H groups in total. The van der Waals surface area contributed by atoms with Crippen LogP contribution < -0.4 is 10.6 Å². The number of carbonyl (C=O) groups is 2. The predicted octanol–water partition coefficient (Wildman–Crippen LogP) is 4.68. The highest BCUT2D eigenvalue weighted by molar-refractivity contribution is 6.31. The molecule has 0 aliphatic heterocycles. The summed E-state index contributed by atoms with van der Waals surface area (Å²) < 4.78 is 13.0. The van der Waals surface area contributed by atoms with E-state index in [0.717, 1.165) is 11.8 Å². The maximum absolute atomic E-state index is 13.0. The number of benzene rings is 2. The van der Waals surface area contributed by atoms with Crippen LogP contribution in [0.3, 0.4) is 0 Å². The van der Waals surface area contributed by atoms with Gasteiger partial charge in [0.2, 0.25) is 0 Å². The van der Waals surface area contributed by atoms with Crippen molar-refractivity contribution in [3.05, 3.63) is 93.9 Å². The second-order valence-electron chi connectivity index (χ2n) is 6.64. The first-order chi connectivity index (χ1) is 14.3. The molecule has 0 unspecified atom stereocenters. The monoisotopic (exact) mass is 427 g/mol. The first kappa shape index (κ1) is 21.3. The summed E-state index contributed by atoms with van der Waals surface area (Å²) >= 11 is 6.09. The smallest absolute Gasteiger partial charge is 0.335 e. The predicted molar refractivity (Wildman–Crippen MR) is 112 cm³/mol. The average molecular weight is 428 g/mol. The van der Waals surface area contributed by atoms with E-state index in [4.69, 9.17) is 16.7 Å². The zero-order chi connectivity index (χ0) is 21.7. The molecule has 0 spiro atoms. The van der Waals surface area contributed by atoms with Crippen molar-refractivity contribution in [3.63, 3.8) is 0 Å².